The Bertz CT molecular complexity index is 396. The average molecular weight is 254 g/mol. The van der Waals surface area contributed by atoms with E-state index >= 15 is 0 Å². The maximum Gasteiger partial charge on any atom is 0.274 e. The van der Waals surface area contributed by atoms with Gasteiger partial charge in [-0.05, 0) is 19.1 Å². The van der Waals surface area contributed by atoms with E-state index in [0.717, 1.165) is 31.0 Å². The molecule has 0 atom stereocenters. The lowest BCUT2D eigenvalue weighted by molar-refractivity contribution is 0.0757. The summed E-state index contributed by atoms with van der Waals surface area (Å²) in [5.41, 5.74) is 6.85. The van der Waals surface area contributed by atoms with Crippen molar-refractivity contribution in [2.75, 3.05) is 30.3 Å². The zero-order chi connectivity index (χ0) is 12.3. The number of amides is 1. The molecule has 0 bridgehead atoms. The number of thioether (sulfide) groups is 1. The predicted octanol–water partition coefficient (Wildman–Crippen LogP) is 1.06. The van der Waals surface area contributed by atoms with Crippen molar-refractivity contribution in [3.8, 4) is 0 Å². The number of carbonyl (C=O) groups is 1. The fourth-order valence-corrected chi connectivity index (χ4v) is 2.86. The molecule has 1 aliphatic rings. The first-order valence-corrected chi connectivity index (χ1v) is 7.07. The van der Waals surface area contributed by atoms with E-state index in [2.05, 4.69) is 5.10 Å². The molecule has 0 radical (unpaired) electrons. The van der Waals surface area contributed by atoms with Gasteiger partial charge in [0, 0.05) is 25.4 Å². The van der Waals surface area contributed by atoms with E-state index in [1.807, 2.05) is 23.6 Å². The average Bonchev–Trinajstić information content (AvgIpc) is 2.56. The second kappa shape index (κ2) is 5.44. The molecule has 0 spiro atoms. The minimum atomic E-state index is 0.0179. The van der Waals surface area contributed by atoms with E-state index in [0.29, 0.717) is 17.9 Å². The second-order valence-corrected chi connectivity index (χ2v) is 5.25. The van der Waals surface area contributed by atoms with Crippen LogP contribution in [0.25, 0.3) is 0 Å². The Balaban J connectivity index is 2.20. The lowest BCUT2D eigenvalue weighted by Crippen LogP contribution is -2.34. The molecule has 1 aromatic rings. The SMILES string of the molecule is CCn1ncc(N)c1C(=O)N1CCCSCC1. The predicted molar refractivity (Wildman–Crippen MR) is 70.2 cm³/mol. The van der Waals surface area contributed by atoms with E-state index < -0.39 is 0 Å². The topological polar surface area (TPSA) is 64.2 Å². The van der Waals surface area contributed by atoms with Gasteiger partial charge in [0.05, 0.1) is 11.9 Å². The summed E-state index contributed by atoms with van der Waals surface area (Å²) in [6.45, 7) is 4.25. The molecule has 0 saturated carbocycles. The minimum absolute atomic E-state index is 0.0179. The zero-order valence-corrected chi connectivity index (χ0v) is 10.9. The molecule has 1 amide bonds. The van der Waals surface area contributed by atoms with Crippen molar-refractivity contribution in [1.82, 2.24) is 14.7 Å². The summed E-state index contributed by atoms with van der Waals surface area (Å²) in [5, 5.41) is 4.11. The lowest BCUT2D eigenvalue weighted by Gasteiger charge is -2.20. The van der Waals surface area contributed by atoms with E-state index in [9.17, 15) is 4.79 Å². The summed E-state index contributed by atoms with van der Waals surface area (Å²) in [7, 11) is 0. The van der Waals surface area contributed by atoms with E-state index in [1.165, 1.54) is 0 Å². The monoisotopic (exact) mass is 254 g/mol. The van der Waals surface area contributed by atoms with Crippen LogP contribution in [0.5, 0.6) is 0 Å². The van der Waals surface area contributed by atoms with Crippen molar-refractivity contribution in [2.24, 2.45) is 0 Å². The van der Waals surface area contributed by atoms with Gasteiger partial charge < -0.3 is 10.6 Å². The van der Waals surface area contributed by atoms with Crippen LogP contribution >= 0.6 is 11.8 Å². The summed E-state index contributed by atoms with van der Waals surface area (Å²) in [4.78, 5) is 14.3. The molecule has 1 saturated heterocycles. The van der Waals surface area contributed by atoms with Crippen LogP contribution in [0.2, 0.25) is 0 Å². The van der Waals surface area contributed by atoms with Gasteiger partial charge in [-0.3, -0.25) is 9.48 Å². The van der Waals surface area contributed by atoms with Gasteiger partial charge in [0.15, 0.2) is 0 Å². The van der Waals surface area contributed by atoms with E-state index in [4.69, 9.17) is 5.73 Å². The van der Waals surface area contributed by atoms with Gasteiger partial charge in [0.1, 0.15) is 5.69 Å². The van der Waals surface area contributed by atoms with Crippen molar-refractivity contribution < 1.29 is 4.79 Å². The van der Waals surface area contributed by atoms with Crippen molar-refractivity contribution in [1.29, 1.82) is 0 Å². The highest BCUT2D eigenvalue weighted by Crippen LogP contribution is 2.17. The summed E-state index contributed by atoms with van der Waals surface area (Å²) in [5.74, 6) is 2.16. The molecule has 1 aromatic heterocycles. The van der Waals surface area contributed by atoms with Crippen LogP contribution in [0.3, 0.4) is 0 Å². The molecule has 17 heavy (non-hydrogen) atoms. The third-order valence-corrected chi connectivity index (χ3v) is 3.93. The quantitative estimate of drug-likeness (QED) is 0.857. The fraction of sp³-hybridized carbons (Fsp3) is 0.636. The van der Waals surface area contributed by atoms with Crippen molar-refractivity contribution >= 4 is 23.4 Å². The Morgan fingerprint density at radius 3 is 3.12 bits per heavy atom. The molecule has 94 valence electrons. The number of hydrogen-bond acceptors (Lipinski definition) is 4. The maximum absolute atomic E-state index is 12.4. The van der Waals surface area contributed by atoms with Gasteiger partial charge in [0.2, 0.25) is 0 Å². The third-order valence-electron chi connectivity index (χ3n) is 2.88. The normalized spacial score (nSPS) is 16.9. The Morgan fingerprint density at radius 1 is 1.53 bits per heavy atom. The first kappa shape index (κ1) is 12.3. The van der Waals surface area contributed by atoms with Gasteiger partial charge >= 0.3 is 0 Å². The Hall–Kier alpha value is -1.17. The van der Waals surface area contributed by atoms with Crippen LogP contribution < -0.4 is 5.73 Å². The molecule has 0 aromatic carbocycles. The van der Waals surface area contributed by atoms with Crippen molar-refractivity contribution in [3.05, 3.63) is 11.9 Å². The molecule has 6 heteroatoms. The summed E-state index contributed by atoms with van der Waals surface area (Å²) in [6, 6.07) is 0. The first-order valence-electron chi connectivity index (χ1n) is 5.92. The van der Waals surface area contributed by atoms with Gasteiger partial charge in [0.25, 0.3) is 5.91 Å². The molecule has 5 nitrogen and oxygen atoms in total. The molecule has 1 aliphatic heterocycles. The second-order valence-electron chi connectivity index (χ2n) is 4.02. The van der Waals surface area contributed by atoms with Crippen molar-refractivity contribution in [3.63, 3.8) is 0 Å². The smallest absolute Gasteiger partial charge is 0.274 e. The number of nitrogen functional groups attached to an aromatic ring is 1. The van der Waals surface area contributed by atoms with Crippen LogP contribution in [-0.4, -0.2) is 45.2 Å². The Morgan fingerprint density at radius 2 is 2.35 bits per heavy atom. The number of nitrogens with zero attached hydrogens (tertiary/aromatic N) is 3. The highest BCUT2D eigenvalue weighted by Gasteiger charge is 2.23. The van der Waals surface area contributed by atoms with E-state index in [-0.39, 0.29) is 5.91 Å². The number of carbonyl (C=O) groups excluding carboxylic acids is 1. The molecule has 2 heterocycles. The number of nitrogens with two attached hydrogens (primary N) is 1. The van der Waals surface area contributed by atoms with Gasteiger partial charge in [-0.1, -0.05) is 0 Å². The maximum atomic E-state index is 12.4. The summed E-state index contributed by atoms with van der Waals surface area (Å²) >= 11 is 1.90. The molecule has 0 aliphatic carbocycles. The molecular formula is C11H18N4OS. The van der Waals surface area contributed by atoms with Crippen LogP contribution in [0.15, 0.2) is 6.20 Å². The lowest BCUT2D eigenvalue weighted by atomic mass is 10.3. The number of rotatable bonds is 2. The minimum Gasteiger partial charge on any atom is -0.396 e. The van der Waals surface area contributed by atoms with Crippen LogP contribution in [0.4, 0.5) is 5.69 Å². The molecule has 0 unspecified atom stereocenters. The number of hydrogen-bond donors (Lipinski definition) is 1. The van der Waals surface area contributed by atoms with Crippen molar-refractivity contribution in [2.45, 2.75) is 19.9 Å². The molecule has 2 N–H and O–H groups in total. The number of aryl methyl sites for hydroxylation is 1. The highest BCUT2D eigenvalue weighted by atomic mass is 32.2. The Kier molecular flexibility index (Phi) is 3.93. The van der Waals surface area contributed by atoms with Crippen LogP contribution in [0, 0.1) is 0 Å². The van der Waals surface area contributed by atoms with Gasteiger partial charge in [-0.2, -0.15) is 16.9 Å². The molecule has 1 fully saturated rings. The highest BCUT2D eigenvalue weighted by molar-refractivity contribution is 7.99. The summed E-state index contributed by atoms with van der Waals surface area (Å²) < 4.78 is 1.68. The van der Waals surface area contributed by atoms with Gasteiger partial charge in [-0.25, -0.2) is 0 Å². The summed E-state index contributed by atoms with van der Waals surface area (Å²) in [6.07, 6.45) is 2.61. The van der Waals surface area contributed by atoms with Crippen LogP contribution in [-0.2, 0) is 6.54 Å². The largest absolute Gasteiger partial charge is 0.396 e. The van der Waals surface area contributed by atoms with E-state index in [1.54, 1.807) is 10.9 Å². The van der Waals surface area contributed by atoms with Gasteiger partial charge in [-0.15, -0.1) is 0 Å². The Labute approximate surface area is 105 Å². The molecular weight excluding hydrogens is 236 g/mol. The standard InChI is InChI=1S/C11H18N4OS/c1-2-15-10(9(12)8-13-15)11(16)14-4-3-6-17-7-5-14/h8H,2-7,12H2,1H3. The number of anilines is 1. The molecule has 2 rings (SSSR count). The third kappa shape index (κ3) is 2.57. The zero-order valence-electron chi connectivity index (χ0n) is 10.1. The first-order chi connectivity index (χ1) is 8.24. The van der Waals surface area contributed by atoms with Crippen LogP contribution in [0.1, 0.15) is 23.8 Å². The fourth-order valence-electron chi connectivity index (χ4n) is 1.97. The number of aromatic nitrogens is 2.